The minimum Gasteiger partial charge on any atom is -0.348 e. The van der Waals surface area contributed by atoms with Gasteiger partial charge in [0.25, 0.3) is 5.91 Å². The predicted octanol–water partition coefficient (Wildman–Crippen LogP) is 4.89. The molecule has 2 rings (SSSR count). The van der Waals surface area contributed by atoms with Gasteiger partial charge in [-0.25, -0.2) is 0 Å². The third kappa shape index (κ3) is 4.15. The van der Waals surface area contributed by atoms with Crippen LogP contribution in [-0.4, -0.2) is 23.0 Å². The molecule has 110 valence electrons. The Balaban J connectivity index is 2.10. The lowest BCUT2D eigenvalue weighted by Gasteiger charge is -2.22. The summed E-state index contributed by atoms with van der Waals surface area (Å²) in [4.78, 5) is 13.8. The van der Waals surface area contributed by atoms with Crippen LogP contribution in [0.3, 0.4) is 0 Å². The second kappa shape index (κ2) is 7.71. The molecule has 1 aromatic carbocycles. The molecule has 5 heteroatoms. The normalized spacial score (nSPS) is 23.1. The summed E-state index contributed by atoms with van der Waals surface area (Å²) in [5.41, 5.74) is 0.572. The molecule has 2 atom stereocenters. The van der Waals surface area contributed by atoms with Crippen LogP contribution >= 0.6 is 39.3 Å². The standard InChI is InChI=1S/C15H19BrClNOS/c1-20-10-7-8-13(17)11(9-10)15(19)18-14-6-4-2-3-5-12(14)16/h7-9,12,14H,2-6H2,1H3,(H,18,19). The Morgan fingerprint density at radius 3 is 2.85 bits per heavy atom. The molecule has 0 aliphatic heterocycles. The summed E-state index contributed by atoms with van der Waals surface area (Å²) in [6, 6.07) is 5.78. The molecular formula is C15H19BrClNOS. The van der Waals surface area contributed by atoms with E-state index in [2.05, 4.69) is 21.2 Å². The van der Waals surface area contributed by atoms with Crippen molar-refractivity contribution in [2.24, 2.45) is 0 Å². The SMILES string of the molecule is CSc1ccc(Cl)c(C(=O)NC2CCCCCC2Br)c1. The smallest absolute Gasteiger partial charge is 0.253 e. The van der Waals surface area contributed by atoms with E-state index in [1.807, 2.05) is 18.4 Å². The van der Waals surface area contributed by atoms with E-state index in [4.69, 9.17) is 11.6 Å². The van der Waals surface area contributed by atoms with Crippen molar-refractivity contribution in [3.05, 3.63) is 28.8 Å². The van der Waals surface area contributed by atoms with Crippen molar-refractivity contribution in [2.45, 2.75) is 47.9 Å². The lowest BCUT2D eigenvalue weighted by atomic mass is 10.1. The first-order chi connectivity index (χ1) is 9.61. The number of hydrogen-bond acceptors (Lipinski definition) is 2. The monoisotopic (exact) mass is 375 g/mol. The maximum absolute atomic E-state index is 12.4. The predicted molar refractivity (Wildman–Crippen MR) is 90.3 cm³/mol. The van der Waals surface area contributed by atoms with E-state index >= 15 is 0 Å². The molecule has 0 radical (unpaired) electrons. The van der Waals surface area contributed by atoms with Gasteiger partial charge in [0.05, 0.1) is 10.6 Å². The van der Waals surface area contributed by atoms with Crippen molar-refractivity contribution >= 4 is 45.2 Å². The number of amides is 1. The Labute approximate surface area is 138 Å². The highest BCUT2D eigenvalue weighted by Gasteiger charge is 2.24. The van der Waals surface area contributed by atoms with Gasteiger partial charge in [0.1, 0.15) is 0 Å². The van der Waals surface area contributed by atoms with Crippen LogP contribution in [0.2, 0.25) is 5.02 Å². The Morgan fingerprint density at radius 2 is 2.10 bits per heavy atom. The Hall–Kier alpha value is -0.190. The summed E-state index contributed by atoms with van der Waals surface area (Å²) in [7, 11) is 0. The van der Waals surface area contributed by atoms with Gasteiger partial charge in [0.15, 0.2) is 0 Å². The number of benzene rings is 1. The Bertz CT molecular complexity index is 483. The first kappa shape index (κ1) is 16.2. The van der Waals surface area contributed by atoms with Gasteiger partial charge in [0, 0.05) is 15.8 Å². The van der Waals surface area contributed by atoms with Gasteiger partial charge in [-0.05, 0) is 37.3 Å². The Kier molecular flexibility index (Phi) is 6.24. The number of halogens is 2. The molecule has 1 amide bonds. The highest BCUT2D eigenvalue weighted by atomic mass is 79.9. The zero-order valence-corrected chi connectivity index (χ0v) is 14.7. The molecule has 0 spiro atoms. The topological polar surface area (TPSA) is 29.1 Å². The van der Waals surface area contributed by atoms with Gasteiger partial charge in [-0.15, -0.1) is 11.8 Å². The van der Waals surface area contributed by atoms with Crippen molar-refractivity contribution < 1.29 is 4.79 Å². The van der Waals surface area contributed by atoms with E-state index in [0.717, 1.165) is 17.7 Å². The van der Waals surface area contributed by atoms with E-state index in [1.165, 1.54) is 19.3 Å². The number of thioether (sulfide) groups is 1. The van der Waals surface area contributed by atoms with Crippen LogP contribution in [0.15, 0.2) is 23.1 Å². The highest BCUT2D eigenvalue weighted by Crippen LogP contribution is 2.26. The minimum atomic E-state index is -0.0674. The highest BCUT2D eigenvalue weighted by molar-refractivity contribution is 9.09. The summed E-state index contributed by atoms with van der Waals surface area (Å²) in [5.74, 6) is -0.0674. The van der Waals surface area contributed by atoms with Gasteiger partial charge in [-0.1, -0.05) is 46.8 Å². The van der Waals surface area contributed by atoms with Crippen molar-refractivity contribution in [1.29, 1.82) is 0 Å². The zero-order chi connectivity index (χ0) is 14.5. The molecule has 20 heavy (non-hydrogen) atoms. The van der Waals surface area contributed by atoms with Gasteiger partial charge in [-0.2, -0.15) is 0 Å². The van der Waals surface area contributed by atoms with E-state index in [0.29, 0.717) is 15.4 Å². The Morgan fingerprint density at radius 1 is 1.35 bits per heavy atom. The molecule has 1 fully saturated rings. The fourth-order valence-corrected chi connectivity index (χ4v) is 3.84. The molecule has 2 nitrogen and oxygen atoms in total. The lowest BCUT2D eigenvalue weighted by molar-refractivity contribution is 0.0935. The van der Waals surface area contributed by atoms with E-state index in [-0.39, 0.29) is 11.9 Å². The molecule has 1 N–H and O–H groups in total. The molecule has 1 aliphatic rings. The van der Waals surface area contributed by atoms with Gasteiger partial charge >= 0.3 is 0 Å². The molecule has 2 unspecified atom stereocenters. The molecule has 0 saturated heterocycles. The molecule has 0 bridgehead atoms. The van der Waals surface area contributed by atoms with Crippen LogP contribution in [0, 0.1) is 0 Å². The average molecular weight is 377 g/mol. The molecule has 0 heterocycles. The largest absolute Gasteiger partial charge is 0.348 e. The zero-order valence-electron chi connectivity index (χ0n) is 11.5. The van der Waals surface area contributed by atoms with E-state index < -0.39 is 0 Å². The number of nitrogens with one attached hydrogen (secondary N) is 1. The molecular weight excluding hydrogens is 358 g/mol. The summed E-state index contributed by atoms with van der Waals surface area (Å²) in [6.07, 6.45) is 7.78. The minimum absolute atomic E-state index is 0.0674. The first-order valence-electron chi connectivity index (χ1n) is 6.90. The van der Waals surface area contributed by atoms with Crippen LogP contribution < -0.4 is 5.32 Å². The van der Waals surface area contributed by atoms with Crippen molar-refractivity contribution in [1.82, 2.24) is 5.32 Å². The third-order valence-corrected chi connectivity index (χ3v) is 5.82. The van der Waals surface area contributed by atoms with Crippen molar-refractivity contribution in [2.75, 3.05) is 6.26 Å². The maximum atomic E-state index is 12.4. The number of carbonyl (C=O) groups excluding carboxylic acids is 1. The van der Waals surface area contributed by atoms with E-state index in [1.54, 1.807) is 17.8 Å². The first-order valence-corrected chi connectivity index (χ1v) is 9.42. The summed E-state index contributed by atoms with van der Waals surface area (Å²) in [6.45, 7) is 0. The van der Waals surface area contributed by atoms with Crippen LogP contribution in [0.1, 0.15) is 42.5 Å². The number of hydrogen-bond donors (Lipinski definition) is 1. The fourth-order valence-electron chi connectivity index (χ4n) is 2.48. The molecule has 0 aromatic heterocycles. The van der Waals surface area contributed by atoms with Crippen LogP contribution in [0.25, 0.3) is 0 Å². The second-order valence-electron chi connectivity index (χ2n) is 5.08. The van der Waals surface area contributed by atoms with Gasteiger partial charge in [-0.3, -0.25) is 4.79 Å². The summed E-state index contributed by atoms with van der Waals surface area (Å²) in [5, 5.41) is 3.65. The van der Waals surface area contributed by atoms with Crippen molar-refractivity contribution in [3.63, 3.8) is 0 Å². The number of alkyl halides is 1. The fraction of sp³-hybridized carbons (Fsp3) is 0.533. The van der Waals surface area contributed by atoms with Gasteiger partial charge in [0.2, 0.25) is 0 Å². The molecule has 1 aliphatic carbocycles. The third-order valence-electron chi connectivity index (χ3n) is 3.67. The van der Waals surface area contributed by atoms with Crippen LogP contribution in [0.5, 0.6) is 0 Å². The quantitative estimate of drug-likeness (QED) is 0.462. The molecule has 1 saturated carbocycles. The average Bonchev–Trinajstić information content (AvgIpc) is 2.64. The molecule has 1 aromatic rings. The number of rotatable bonds is 3. The van der Waals surface area contributed by atoms with E-state index in [9.17, 15) is 4.79 Å². The second-order valence-corrected chi connectivity index (χ2v) is 7.54. The maximum Gasteiger partial charge on any atom is 0.253 e. The van der Waals surface area contributed by atoms with Gasteiger partial charge < -0.3 is 5.32 Å². The van der Waals surface area contributed by atoms with Crippen LogP contribution in [0.4, 0.5) is 0 Å². The van der Waals surface area contributed by atoms with Crippen LogP contribution in [-0.2, 0) is 0 Å². The number of carbonyl (C=O) groups is 1. The van der Waals surface area contributed by atoms with Crippen molar-refractivity contribution in [3.8, 4) is 0 Å². The summed E-state index contributed by atoms with van der Waals surface area (Å²) >= 11 is 11.5. The summed E-state index contributed by atoms with van der Waals surface area (Å²) < 4.78 is 0. The lowest BCUT2D eigenvalue weighted by Crippen LogP contribution is -2.40.